The first-order valence-corrected chi connectivity index (χ1v) is 10.1. The minimum atomic E-state index is -0.0876. The van der Waals surface area contributed by atoms with E-state index in [0.29, 0.717) is 10.1 Å². The summed E-state index contributed by atoms with van der Waals surface area (Å²) in [6.45, 7) is 6.39. The number of aryl methyl sites for hydroxylation is 2. The zero-order valence-electron chi connectivity index (χ0n) is 15.7. The van der Waals surface area contributed by atoms with Crippen LogP contribution in [0, 0.1) is 13.8 Å². The molecular formula is C22H23N3OS. The molecule has 0 unspecified atom stereocenters. The lowest BCUT2D eigenvalue weighted by Gasteiger charge is -2.18. The van der Waals surface area contributed by atoms with E-state index in [9.17, 15) is 4.79 Å². The van der Waals surface area contributed by atoms with Crippen LogP contribution in [0.2, 0.25) is 0 Å². The Balaban J connectivity index is 1.55. The third-order valence-electron chi connectivity index (χ3n) is 5.00. The van der Waals surface area contributed by atoms with E-state index >= 15 is 0 Å². The number of benzene rings is 2. The summed E-state index contributed by atoms with van der Waals surface area (Å²) in [6, 6.07) is 14.4. The highest BCUT2D eigenvalue weighted by Gasteiger charge is 2.24. The van der Waals surface area contributed by atoms with Gasteiger partial charge in [0, 0.05) is 18.8 Å². The zero-order chi connectivity index (χ0) is 18.8. The number of nitrogens with zero attached hydrogens (tertiary/aromatic N) is 2. The van der Waals surface area contributed by atoms with Crippen LogP contribution >= 0.6 is 11.8 Å². The monoisotopic (exact) mass is 377 g/mol. The van der Waals surface area contributed by atoms with Crippen molar-refractivity contribution in [3.8, 4) is 0 Å². The number of rotatable bonds is 3. The van der Waals surface area contributed by atoms with Crippen molar-refractivity contribution in [2.45, 2.75) is 26.7 Å². The molecule has 2 heterocycles. The molecule has 1 amide bonds. The number of thioether (sulfide) groups is 1. The Labute approximate surface area is 164 Å². The molecule has 5 heteroatoms. The highest BCUT2D eigenvalue weighted by molar-refractivity contribution is 8.18. The summed E-state index contributed by atoms with van der Waals surface area (Å²) >= 11 is 1.40. The van der Waals surface area contributed by atoms with Gasteiger partial charge in [-0.3, -0.25) is 4.79 Å². The topological polar surface area (TPSA) is 44.7 Å². The van der Waals surface area contributed by atoms with Gasteiger partial charge in [-0.05, 0) is 79.4 Å². The molecule has 1 N–H and O–H groups in total. The Kier molecular flexibility index (Phi) is 5.03. The summed E-state index contributed by atoms with van der Waals surface area (Å²) < 4.78 is 0. The van der Waals surface area contributed by atoms with Gasteiger partial charge in [-0.1, -0.05) is 24.3 Å². The van der Waals surface area contributed by atoms with E-state index < -0.39 is 0 Å². The highest BCUT2D eigenvalue weighted by atomic mass is 32.2. The Bertz CT molecular complexity index is 942. The number of carbonyl (C=O) groups excluding carboxylic acids is 1. The van der Waals surface area contributed by atoms with Crippen molar-refractivity contribution in [1.29, 1.82) is 0 Å². The predicted octanol–water partition coefficient (Wildman–Crippen LogP) is 4.80. The van der Waals surface area contributed by atoms with Crippen LogP contribution in [0.5, 0.6) is 0 Å². The number of amides is 1. The average Bonchev–Trinajstić information content (AvgIpc) is 3.29. The van der Waals surface area contributed by atoms with Gasteiger partial charge in [-0.15, -0.1) is 0 Å². The van der Waals surface area contributed by atoms with Gasteiger partial charge in [-0.2, -0.15) is 0 Å². The molecule has 138 valence electrons. The van der Waals surface area contributed by atoms with E-state index in [-0.39, 0.29) is 5.91 Å². The molecular weight excluding hydrogens is 354 g/mol. The predicted molar refractivity (Wildman–Crippen MR) is 115 cm³/mol. The lowest BCUT2D eigenvalue weighted by molar-refractivity contribution is -0.115. The molecule has 2 aromatic carbocycles. The van der Waals surface area contributed by atoms with Crippen LogP contribution in [-0.4, -0.2) is 24.2 Å². The summed E-state index contributed by atoms with van der Waals surface area (Å²) in [4.78, 5) is 20.1. The van der Waals surface area contributed by atoms with Crippen LogP contribution in [-0.2, 0) is 4.79 Å². The van der Waals surface area contributed by atoms with E-state index in [1.165, 1.54) is 35.9 Å². The molecule has 4 nitrogen and oxygen atoms in total. The molecule has 27 heavy (non-hydrogen) atoms. The second-order valence-corrected chi connectivity index (χ2v) is 8.03. The first-order valence-electron chi connectivity index (χ1n) is 9.31. The minimum absolute atomic E-state index is 0.0876. The third kappa shape index (κ3) is 3.93. The number of hydrogen-bond donors (Lipinski definition) is 1. The van der Waals surface area contributed by atoms with E-state index in [1.54, 1.807) is 0 Å². The maximum Gasteiger partial charge on any atom is 0.264 e. The van der Waals surface area contributed by atoms with Crippen LogP contribution in [0.3, 0.4) is 0 Å². The number of nitrogens with one attached hydrogen (secondary N) is 1. The fourth-order valence-corrected chi connectivity index (χ4v) is 4.24. The van der Waals surface area contributed by atoms with Gasteiger partial charge < -0.3 is 10.2 Å². The zero-order valence-corrected chi connectivity index (χ0v) is 16.5. The Morgan fingerprint density at radius 3 is 2.59 bits per heavy atom. The number of anilines is 1. The van der Waals surface area contributed by atoms with Crippen molar-refractivity contribution >= 4 is 40.3 Å². The second-order valence-electron chi connectivity index (χ2n) is 7.00. The fourth-order valence-electron chi connectivity index (χ4n) is 3.41. The number of para-hydroxylation sites is 1. The highest BCUT2D eigenvalue weighted by Crippen LogP contribution is 2.31. The molecule has 2 aromatic rings. The van der Waals surface area contributed by atoms with Gasteiger partial charge in [0.25, 0.3) is 5.91 Å². The molecule has 0 bridgehead atoms. The molecule has 0 spiro atoms. The molecule has 2 saturated heterocycles. The normalized spacial score (nSPS) is 19.9. The van der Waals surface area contributed by atoms with Crippen LogP contribution < -0.4 is 10.2 Å². The lowest BCUT2D eigenvalue weighted by atomic mass is 10.1. The van der Waals surface area contributed by atoms with E-state index in [2.05, 4.69) is 40.3 Å². The number of hydrogen-bond acceptors (Lipinski definition) is 4. The first kappa shape index (κ1) is 17.9. The van der Waals surface area contributed by atoms with E-state index in [0.717, 1.165) is 29.9 Å². The largest absolute Gasteiger partial charge is 0.372 e. The molecule has 2 fully saturated rings. The minimum Gasteiger partial charge on any atom is -0.372 e. The van der Waals surface area contributed by atoms with Crippen molar-refractivity contribution < 1.29 is 4.79 Å². The summed E-state index contributed by atoms with van der Waals surface area (Å²) in [7, 11) is 0. The smallest absolute Gasteiger partial charge is 0.264 e. The quantitative estimate of drug-likeness (QED) is 0.782. The van der Waals surface area contributed by atoms with Gasteiger partial charge in [-0.25, -0.2) is 4.99 Å². The number of amidine groups is 1. The van der Waals surface area contributed by atoms with Crippen molar-refractivity contribution in [2.75, 3.05) is 18.0 Å². The molecule has 0 atom stereocenters. The molecule has 4 rings (SSSR count). The molecule has 0 aromatic heterocycles. The second kappa shape index (κ2) is 7.61. The van der Waals surface area contributed by atoms with Crippen LogP contribution in [0.25, 0.3) is 6.08 Å². The standard InChI is InChI=1S/C22H23N3OS/c1-15-7-3-4-8-19(15)23-22-24-21(26)20(27-22)14-17-9-10-18(13-16(17)2)25-11-5-6-12-25/h3-4,7-10,13-14H,5-6,11-12H2,1-2H3,(H,23,24,26)/b20-14-. The summed E-state index contributed by atoms with van der Waals surface area (Å²) in [6.07, 6.45) is 4.50. The Morgan fingerprint density at radius 2 is 1.85 bits per heavy atom. The van der Waals surface area contributed by atoms with Crippen molar-refractivity contribution in [1.82, 2.24) is 5.32 Å². The third-order valence-corrected chi connectivity index (χ3v) is 5.91. The SMILES string of the molecule is Cc1cc(N2CCCC2)ccc1/C=C1\SC(=Nc2ccccc2C)NC1=O. The maximum absolute atomic E-state index is 12.4. The van der Waals surface area contributed by atoms with E-state index in [4.69, 9.17) is 0 Å². The lowest BCUT2D eigenvalue weighted by Crippen LogP contribution is -2.19. The van der Waals surface area contributed by atoms with Gasteiger partial charge in [0.15, 0.2) is 5.17 Å². The van der Waals surface area contributed by atoms with Crippen LogP contribution in [0.15, 0.2) is 52.4 Å². The van der Waals surface area contributed by atoms with Crippen molar-refractivity contribution in [3.63, 3.8) is 0 Å². The number of carbonyl (C=O) groups is 1. The summed E-state index contributed by atoms with van der Waals surface area (Å²) in [5.41, 5.74) is 5.51. The Morgan fingerprint density at radius 1 is 1.07 bits per heavy atom. The van der Waals surface area contributed by atoms with Gasteiger partial charge in [0.05, 0.1) is 10.6 Å². The average molecular weight is 378 g/mol. The molecule has 0 radical (unpaired) electrons. The number of aliphatic imine (C=N–C) groups is 1. The Hall–Kier alpha value is -2.53. The van der Waals surface area contributed by atoms with Gasteiger partial charge in [0.1, 0.15) is 0 Å². The van der Waals surface area contributed by atoms with Crippen molar-refractivity contribution in [3.05, 3.63) is 64.1 Å². The molecule has 0 saturated carbocycles. The summed E-state index contributed by atoms with van der Waals surface area (Å²) in [5, 5.41) is 3.50. The van der Waals surface area contributed by atoms with Gasteiger partial charge in [0.2, 0.25) is 0 Å². The molecule has 0 aliphatic carbocycles. The van der Waals surface area contributed by atoms with E-state index in [1.807, 2.05) is 37.3 Å². The first-order chi connectivity index (χ1) is 13.1. The maximum atomic E-state index is 12.4. The molecule has 2 aliphatic heterocycles. The van der Waals surface area contributed by atoms with Crippen molar-refractivity contribution in [2.24, 2.45) is 4.99 Å². The molecule has 2 aliphatic rings. The fraction of sp³-hybridized carbons (Fsp3) is 0.273. The van der Waals surface area contributed by atoms with Crippen LogP contribution in [0.1, 0.15) is 29.5 Å². The van der Waals surface area contributed by atoms with Crippen LogP contribution in [0.4, 0.5) is 11.4 Å². The summed E-state index contributed by atoms with van der Waals surface area (Å²) in [5.74, 6) is -0.0876. The van der Waals surface area contributed by atoms with Gasteiger partial charge >= 0.3 is 0 Å².